The second-order valence-electron chi connectivity index (χ2n) is 11.6. The number of nitrogens with one attached hydrogen (secondary N) is 2. The molecule has 11 nitrogen and oxygen atoms in total. The fourth-order valence-corrected chi connectivity index (χ4v) is 8.55. The van der Waals surface area contributed by atoms with Crippen LogP contribution in [0.4, 0.5) is 5.69 Å². The Bertz CT molecular complexity index is 2130. The standard InChI is InChI=1S/C29H30N8O3S/c1-35-15-18(13-31-35)26-23(16-4-7-21-17(10-16)12-32-37(21)3)24-25-22(14-30-27(24)33-26)36(2)28(38)29(25)9-8-19(11-29)34-41(39,40)20-5-6-20/h4,7,10,12-15,19-20,34H,5-6,8-9,11H2,1-3H3,(H,30,33)/t19-,29-/m0/s1/i3D3. The summed E-state index contributed by atoms with van der Waals surface area (Å²) in [5, 5.41) is 9.62. The van der Waals surface area contributed by atoms with E-state index in [1.54, 1.807) is 41.3 Å². The quantitative estimate of drug-likeness (QED) is 0.332. The highest BCUT2D eigenvalue weighted by Gasteiger charge is 2.56. The molecule has 5 heterocycles. The van der Waals surface area contributed by atoms with Crippen molar-refractivity contribution in [2.24, 2.45) is 14.0 Å². The van der Waals surface area contributed by atoms with Crippen LogP contribution in [0.25, 0.3) is 44.3 Å². The van der Waals surface area contributed by atoms with E-state index < -0.39 is 22.4 Å². The number of sulfonamides is 1. The number of aromatic nitrogens is 6. The Morgan fingerprint density at radius 3 is 2.73 bits per heavy atom. The molecule has 2 saturated carbocycles. The van der Waals surface area contributed by atoms with Gasteiger partial charge in [-0.2, -0.15) is 10.2 Å². The van der Waals surface area contributed by atoms with E-state index in [-0.39, 0.29) is 17.2 Å². The average Bonchev–Trinajstić information content (AvgIpc) is 3.26. The monoisotopic (exact) mass is 573 g/mol. The van der Waals surface area contributed by atoms with Crippen LogP contribution in [0.3, 0.4) is 0 Å². The Kier molecular flexibility index (Phi) is 4.37. The Labute approximate surface area is 240 Å². The predicted molar refractivity (Wildman–Crippen MR) is 156 cm³/mol. The molecule has 2 atom stereocenters. The number of aryl methyl sites for hydroxylation is 2. The Balaban J connectivity index is 1.36. The lowest BCUT2D eigenvalue weighted by Gasteiger charge is -2.24. The van der Waals surface area contributed by atoms with Crippen molar-refractivity contribution in [2.75, 3.05) is 11.9 Å². The summed E-state index contributed by atoms with van der Waals surface area (Å²) < 4.78 is 55.0. The summed E-state index contributed by atoms with van der Waals surface area (Å²) in [5.74, 6) is -0.0700. The summed E-state index contributed by atoms with van der Waals surface area (Å²) in [6, 6.07) is 5.16. The number of carbonyl (C=O) groups excluding carboxylic acids is 1. The van der Waals surface area contributed by atoms with Gasteiger partial charge in [-0.15, -0.1) is 0 Å². The topological polar surface area (TPSA) is 131 Å². The molecule has 2 fully saturated rings. The minimum absolute atomic E-state index is 0.0700. The summed E-state index contributed by atoms with van der Waals surface area (Å²) in [4.78, 5) is 24.0. The van der Waals surface area contributed by atoms with Gasteiger partial charge in [0.25, 0.3) is 0 Å². The zero-order valence-electron chi connectivity index (χ0n) is 25.5. The van der Waals surface area contributed by atoms with Crippen LogP contribution in [0.2, 0.25) is 0 Å². The van der Waals surface area contributed by atoms with E-state index in [2.05, 4.69) is 19.9 Å². The first kappa shape index (κ1) is 21.7. The predicted octanol–water partition coefficient (Wildman–Crippen LogP) is 3.37. The van der Waals surface area contributed by atoms with Crippen molar-refractivity contribution in [3.05, 3.63) is 48.5 Å². The van der Waals surface area contributed by atoms with Crippen molar-refractivity contribution in [1.29, 1.82) is 0 Å². The van der Waals surface area contributed by atoms with Crippen LogP contribution in [0.15, 0.2) is 43.0 Å². The van der Waals surface area contributed by atoms with Gasteiger partial charge in [0.1, 0.15) is 5.65 Å². The third-order valence-corrected chi connectivity index (χ3v) is 11.0. The van der Waals surface area contributed by atoms with Gasteiger partial charge < -0.3 is 9.88 Å². The highest BCUT2D eigenvalue weighted by molar-refractivity contribution is 7.90. The van der Waals surface area contributed by atoms with Gasteiger partial charge >= 0.3 is 0 Å². The van der Waals surface area contributed by atoms with Crippen LogP contribution >= 0.6 is 0 Å². The van der Waals surface area contributed by atoms with E-state index in [0.717, 1.165) is 38.0 Å². The summed E-state index contributed by atoms with van der Waals surface area (Å²) in [6.45, 7) is -2.42. The second kappa shape index (κ2) is 8.26. The number of hydrogen-bond donors (Lipinski definition) is 2. The minimum atomic E-state index is -3.43. The van der Waals surface area contributed by atoms with Gasteiger partial charge in [0.05, 0.1) is 46.2 Å². The highest BCUT2D eigenvalue weighted by Crippen LogP contribution is 2.55. The van der Waals surface area contributed by atoms with E-state index in [0.29, 0.717) is 54.3 Å². The summed E-state index contributed by atoms with van der Waals surface area (Å²) in [7, 11) is 0.151. The first-order chi connectivity index (χ1) is 20.9. The molecule has 1 amide bonds. The first-order valence-electron chi connectivity index (χ1n) is 15.2. The molecule has 8 rings (SSSR count). The molecule has 1 aliphatic heterocycles. The highest BCUT2D eigenvalue weighted by atomic mass is 32.2. The fourth-order valence-electron chi connectivity index (χ4n) is 6.94. The first-order valence-corrected chi connectivity index (χ1v) is 15.2. The zero-order chi connectivity index (χ0) is 30.8. The Hall–Kier alpha value is -4.03. The smallest absolute Gasteiger partial charge is 0.237 e. The second-order valence-corrected chi connectivity index (χ2v) is 13.6. The van der Waals surface area contributed by atoms with Crippen LogP contribution in [-0.4, -0.2) is 62.2 Å². The van der Waals surface area contributed by atoms with Crippen molar-refractivity contribution in [3.8, 4) is 22.4 Å². The molecule has 2 aliphatic carbocycles. The van der Waals surface area contributed by atoms with Gasteiger partial charge in [-0.05, 0) is 49.8 Å². The third kappa shape index (κ3) is 3.50. The van der Waals surface area contributed by atoms with Gasteiger partial charge in [0.15, 0.2) is 0 Å². The Morgan fingerprint density at radius 1 is 1.12 bits per heavy atom. The van der Waals surface area contributed by atoms with Crippen LogP contribution < -0.4 is 9.62 Å². The Morgan fingerprint density at radius 2 is 1.98 bits per heavy atom. The molecule has 1 spiro atoms. The minimum Gasteiger partial charge on any atom is -0.339 e. The number of H-pyrrole nitrogens is 1. The molecule has 12 heteroatoms. The maximum Gasteiger partial charge on any atom is 0.237 e. The van der Waals surface area contributed by atoms with Crippen molar-refractivity contribution in [1.82, 2.24) is 34.3 Å². The van der Waals surface area contributed by atoms with Crippen molar-refractivity contribution >= 4 is 43.6 Å². The van der Waals surface area contributed by atoms with Crippen LogP contribution in [0.1, 0.15) is 41.8 Å². The van der Waals surface area contributed by atoms with Crippen molar-refractivity contribution in [3.63, 3.8) is 0 Å². The number of amides is 1. The van der Waals surface area contributed by atoms with Gasteiger partial charge in [-0.25, -0.2) is 18.1 Å². The van der Waals surface area contributed by atoms with E-state index in [4.69, 9.17) is 9.10 Å². The molecule has 0 radical (unpaired) electrons. The van der Waals surface area contributed by atoms with E-state index in [1.807, 2.05) is 25.4 Å². The fraction of sp³-hybridized carbons (Fsp3) is 0.379. The number of pyridine rings is 1. The van der Waals surface area contributed by atoms with Crippen molar-refractivity contribution in [2.45, 2.75) is 48.8 Å². The van der Waals surface area contributed by atoms with E-state index in [9.17, 15) is 13.2 Å². The number of nitrogens with zero attached hydrogens (tertiary/aromatic N) is 6. The number of rotatable bonds is 5. The lowest BCUT2D eigenvalue weighted by atomic mass is 9.77. The molecular weight excluding hydrogens is 540 g/mol. The third-order valence-electron chi connectivity index (χ3n) is 9.02. The molecule has 2 N–H and O–H groups in total. The maximum atomic E-state index is 14.1. The number of hydrogen-bond acceptors (Lipinski definition) is 6. The van der Waals surface area contributed by atoms with Crippen molar-refractivity contribution < 1.29 is 17.3 Å². The summed E-state index contributed by atoms with van der Waals surface area (Å²) in [6.07, 6.45) is 9.64. The lowest BCUT2D eigenvalue weighted by Crippen LogP contribution is -2.40. The summed E-state index contributed by atoms with van der Waals surface area (Å²) >= 11 is 0. The maximum absolute atomic E-state index is 14.1. The van der Waals surface area contributed by atoms with E-state index >= 15 is 0 Å². The number of fused-ring (bicyclic) bond motifs is 5. The van der Waals surface area contributed by atoms with Crippen LogP contribution in [0.5, 0.6) is 0 Å². The zero-order valence-corrected chi connectivity index (χ0v) is 23.4. The molecule has 0 unspecified atom stereocenters. The SMILES string of the molecule is [2H]C([2H])([2H])n1ncc2cc(-c3c(-c4cnn(C)c4)[nH]c4ncc5c(c34)[C@@]3(CC[C@H](NS(=O)(=O)C4CC4)C3)C(=O)N5C)ccc21. The number of anilines is 1. The molecule has 41 heavy (non-hydrogen) atoms. The number of aromatic amines is 1. The molecule has 0 saturated heterocycles. The molecule has 210 valence electrons. The number of carbonyl (C=O) groups is 1. The van der Waals surface area contributed by atoms with Crippen LogP contribution in [0, 0.1) is 0 Å². The number of benzene rings is 1. The average molecular weight is 574 g/mol. The molecule has 4 aromatic heterocycles. The molecule has 1 aromatic carbocycles. The molecule has 0 bridgehead atoms. The molecular formula is C29H30N8O3S. The normalized spacial score (nSPS) is 24.0. The molecule has 5 aromatic rings. The van der Waals surface area contributed by atoms with E-state index in [1.165, 1.54) is 0 Å². The number of likely N-dealkylation sites (N-methyl/N-ethyl adjacent to an activating group) is 1. The van der Waals surface area contributed by atoms with Gasteiger partial charge in [-0.1, -0.05) is 6.07 Å². The lowest BCUT2D eigenvalue weighted by molar-refractivity contribution is -0.122. The van der Waals surface area contributed by atoms with Crippen LogP contribution in [-0.2, 0) is 34.3 Å². The van der Waals surface area contributed by atoms with Gasteiger partial charge in [0, 0.05) is 64.9 Å². The van der Waals surface area contributed by atoms with Gasteiger partial charge in [-0.3, -0.25) is 14.2 Å². The summed E-state index contributed by atoms with van der Waals surface area (Å²) in [5.41, 5.74) is 4.87. The molecule has 3 aliphatic rings. The van der Waals surface area contributed by atoms with Gasteiger partial charge in [0.2, 0.25) is 15.9 Å². The largest absolute Gasteiger partial charge is 0.339 e.